The van der Waals surface area contributed by atoms with Crippen molar-refractivity contribution in [2.45, 2.75) is 6.92 Å². The lowest BCUT2D eigenvalue weighted by Gasteiger charge is -2.19. The summed E-state index contributed by atoms with van der Waals surface area (Å²) in [7, 11) is 3.92. The second kappa shape index (κ2) is 6.17. The zero-order valence-corrected chi connectivity index (χ0v) is 10.2. The summed E-state index contributed by atoms with van der Waals surface area (Å²) in [5.74, 6) is 1.38. The minimum absolute atomic E-state index is 0.510. The van der Waals surface area contributed by atoms with Gasteiger partial charge in [-0.1, -0.05) is 0 Å². The van der Waals surface area contributed by atoms with Crippen LogP contribution in [0, 0.1) is 0 Å². The van der Waals surface area contributed by atoms with Gasteiger partial charge in [0.1, 0.15) is 5.82 Å². The summed E-state index contributed by atoms with van der Waals surface area (Å²) in [5, 5.41) is 3.09. The molecule has 0 spiro atoms. The Balaban J connectivity index is 2.76. The monoisotopic (exact) mass is 224 g/mol. The molecular weight excluding hydrogens is 204 g/mol. The standard InChI is InChI=1S/C11H20N4O/c1-4-16-11-9(12)5-6-10(14-11)15(3)8-7-13-2/h5-6,13H,4,7-8,12H2,1-3H3. The highest BCUT2D eigenvalue weighted by molar-refractivity contribution is 5.54. The molecule has 0 radical (unpaired) electrons. The van der Waals surface area contributed by atoms with E-state index in [-0.39, 0.29) is 0 Å². The molecule has 1 rings (SSSR count). The average Bonchev–Trinajstić information content (AvgIpc) is 2.29. The Kier molecular flexibility index (Phi) is 4.85. The van der Waals surface area contributed by atoms with Gasteiger partial charge in [0.15, 0.2) is 0 Å². The van der Waals surface area contributed by atoms with E-state index in [1.807, 2.05) is 33.2 Å². The summed E-state index contributed by atoms with van der Waals surface area (Å²) >= 11 is 0. The number of rotatable bonds is 6. The van der Waals surface area contributed by atoms with E-state index in [1.165, 1.54) is 0 Å². The minimum atomic E-state index is 0.510. The molecule has 0 aliphatic rings. The first-order chi connectivity index (χ1) is 7.69. The van der Waals surface area contributed by atoms with Gasteiger partial charge in [0.25, 0.3) is 0 Å². The van der Waals surface area contributed by atoms with E-state index in [0.29, 0.717) is 18.2 Å². The van der Waals surface area contributed by atoms with Crippen molar-refractivity contribution in [3.63, 3.8) is 0 Å². The van der Waals surface area contributed by atoms with Gasteiger partial charge in [0.2, 0.25) is 5.88 Å². The largest absolute Gasteiger partial charge is 0.476 e. The smallest absolute Gasteiger partial charge is 0.239 e. The molecule has 1 aromatic rings. The summed E-state index contributed by atoms with van der Waals surface area (Å²) in [5.41, 5.74) is 6.33. The van der Waals surface area contributed by atoms with Crippen molar-refractivity contribution >= 4 is 11.5 Å². The Morgan fingerprint density at radius 1 is 1.50 bits per heavy atom. The van der Waals surface area contributed by atoms with Gasteiger partial charge in [-0.15, -0.1) is 0 Å². The van der Waals surface area contributed by atoms with Crippen molar-refractivity contribution in [1.82, 2.24) is 10.3 Å². The molecule has 0 saturated heterocycles. The third-order valence-corrected chi connectivity index (χ3v) is 2.24. The lowest BCUT2D eigenvalue weighted by atomic mass is 10.3. The topological polar surface area (TPSA) is 63.4 Å². The molecule has 3 N–H and O–H groups in total. The quantitative estimate of drug-likeness (QED) is 0.745. The first kappa shape index (κ1) is 12.6. The number of hydrogen-bond donors (Lipinski definition) is 2. The normalized spacial score (nSPS) is 10.2. The van der Waals surface area contributed by atoms with Gasteiger partial charge in [-0.05, 0) is 26.1 Å². The first-order valence-electron chi connectivity index (χ1n) is 5.44. The molecule has 0 amide bonds. The van der Waals surface area contributed by atoms with E-state index in [4.69, 9.17) is 10.5 Å². The third-order valence-electron chi connectivity index (χ3n) is 2.24. The third kappa shape index (κ3) is 3.27. The second-order valence-corrected chi connectivity index (χ2v) is 3.52. The van der Waals surface area contributed by atoms with Crippen molar-refractivity contribution in [2.75, 3.05) is 44.4 Å². The van der Waals surface area contributed by atoms with Crippen LogP contribution in [0.25, 0.3) is 0 Å². The Morgan fingerprint density at radius 2 is 2.25 bits per heavy atom. The van der Waals surface area contributed by atoms with Gasteiger partial charge in [-0.2, -0.15) is 4.98 Å². The zero-order chi connectivity index (χ0) is 12.0. The molecule has 5 nitrogen and oxygen atoms in total. The van der Waals surface area contributed by atoms with Gasteiger partial charge in [-0.25, -0.2) is 0 Å². The number of nitrogen functional groups attached to an aromatic ring is 1. The van der Waals surface area contributed by atoms with Crippen molar-refractivity contribution in [3.05, 3.63) is 12.1 Å². The summed E-state index contributed by atoms with van der Waals surface area (Å²) in [6, 6.07) is 3.72. The number of hydrogen-bond acceptors (Lipinski definition) is 5. The summed E-state index contributed by atoms with van der Waals surface area (Å²) < 4.78 is 5.35. The molecular formula is C11H20N4O. The summed E-state index contributed by atoms with van der Waals surface area (Å²) in [6.07, 6.45) is 0. The lowest BCUT2D eigenvalue weighted by molar-refractivity contribution is 0.329. The van der Waals surface area contributed by atoms with Crippen LogP contribution in [0.15, 0.2) is 12.1 Å². The van der Waals surface area contributed by atoms with Crippen LogP contribution in [0.1, 0.15) is 6.92 Å². The average molecular weight is 224 g/mol. The zero-order valence-electron chi connectivity index (χ0n) is 10.2. The van der Waals surface area contributed by atoms with E-state index in [9.17, 15) is 0 Å². The van der Waals surface area contributed by atoms with Crippen LogP contribution < -0.4 is 20.7 Å². The van der Waals surface area contributed by atoms with Crippen LogP contribution in [0.2, 0.25) is 0 Å². The van der Waals surface area contributed by atoms with Crippen LogP contribution >= 0.6 is 0 Å². The number of aromatic nitrogens is 1. The maximum absolute atomic E-state index is 5.76. The minimum Gasteiger partial charge on any atom is -0.476 e. The highest BCUT2D eigenvalue weighted by Gasteiger charge is 2.06. The number of likely N-dealkylation sites (N-methyl/N-ethyl adjacent to an activating group) is 2. The maximum Gasteiger partial charge on any atom is 0.239 e. The Bertz CT molecular complexity index is 330. The summed E-state index contributed by atoms with van der Waals surface area (Å²) in [4.78, 5) is 6.42. The van der Waals surface area contributed by atoms with E-state index >= 15 is 0 Å². The van der Waals surface area contributed by atoms with E-state index in [1.54, 1.807) is 0 Å². The number of anilines is 2. The van der Waals surface area contributed by atoms with E-state index in [0.717, 1.165) is 18.9 Å². The van der Waals surface area contributed by atoms with Crippen LogP contribution in [0.3, 0.4) is 0 Å². The molecule has 1 aromatic heterocycles. The van der Waals surface area contributed by atoms with Gasteiger partial charge in [-0.3, -0.25) is 0 Å². The number of pyridine rings is 1. The Hall–Kier alpha value is -1.49. The van der Waals surface area contributed by atoms with Crippen LogP contribution in [-0.2, 0) is 0 Å². The fraction of sp³-hybridized carbons (Fsp3) is 0.545. The molecule has 0 aromatic carbocycles. The van der Waals surface area contributed by atoms with E-state index < -0.39 is 0 Å². The predicted molar refractivity (Wildman–Crippen MR) is 67.0 cm³/mol. The van der Waals surface area contributed by atoms with Crippen molar-refractivity contribution < 1.29 is 4.74 Å². The first-order valence-corrected chi connectivity index (χ1v) is 5.44. The van der Waals surface area contributed by atoms with Gasteiger partial charge in [0.05, 0.1) is 12.3 Å². The molecule has 0 aliphatic carbocycles. The summed E-state index contributed by atoms with van der Waals surface area (Å²) in [6.45, 7) is 4.28. The molecule has 1 heterocycles. The van der Waals surface area contributed by atoms with Crippen molar-refractivity contribution in [2.24, 2.45) is 0 Å². The Labute approximate surface area is 96.6 Å². The molecule has 0 unspecified atom stereocenters. The lowest BCUT2D eigenvalue weighted by Crippen LogP contribution is -2.27. The highest BCUT2D eigenvalue weighted by atomic mass is 16.5. The van der Waals surface area contributed by atoms with Crippen LogP contribution in [-0.4, -0.2) is 38.8 Å². The number of nitrogens with zero attached hydrogens (tertiary/aromatic N) is 2. The van der Waals surface area contributed by atoms with Crippen molar-refractivity contribution in [1.29, 1.82) is 0 Å². The second-order valence-electron chi connectivity index (χ2n) is 3.52. The SMILES string of the molecule is CCOc1nc(N(C)CCNC)ccc1N. The van der Waals surface area contributed by atoms with Gasteiger partial charge < -0.3 is 20.7 Å². The highest BCUT2D eigenvalue weighted by Crippen LogP contribution is 2.22. The molecule has 0 bridgehead atoms. The molecule has 0 atom stereocenters. The number of nitrogens with one attached hydrogen (secondary N) is 1. The van der Waals surface area contributed by atoms with Gasteiger partial charge in [0, 0.05) is 20.1 Å². The number of ether oxygens (including phenoxy) is 1. The van der Waals surface area contributed by atoms with Gasteiger partial charge >= 0.3 is 0 Å². The fourth-order valence-corrected chi connectivity index (χ4v) is 1.30. The van der Waals surface area contributed by atoms with Crippen LogP contribution in [0.5, 0.6) is 5.88 Å². The van der Waals surface area contributed by atoms with Crippen molar-refractivity contribution in [3.8, 4) is 5.88 Å². The fourth-order valence-electron chi connectivity index (χ4n) is 1.30. The van der Waals surface area contributed by atoms with E-state index in [2.05, 4.69) is 15.2 Å². The molecule has 0 saturated carbocycles. The molecule has 0 fully saturated rings. The predicted octanol–water partition coefficient (Wildman–Crippen LogP) is 0.718. The number of nitrogens with two attached hydrogens (primary N) is 1. The molecule has 16 heavy (non-hydrogen) atoms. The Morgan fingerprint density at radius 3 is 2.88 bits per heavy atom. The molecule has 5 heteroatoms. The maximum atomic E-state index is 5.76. The van der Waals surface area contributed by atoms with Crippen LogP contribution in [0.4, 0.5) is 11.5 Å². The molecule has 90 valence electrons. The molecule has 0 aliphatic heterocycles.